The van der Waals surface area contributed by atoms with Gasteiger partial charge in [0.05, 0.1) is 11.0 Å². The highest BCUT2D eigenvalue weighted by Gasteiger charge is 2.03. The Morgan fingerprint density at radius 2 is 2.19 bits per heavy atom. The van der Waals surface area contributed by atoms with Crippen LogP contribution >= 0.6 is 0 Å². The highest BCUT2D eigenvalue weighted by molar-refractivity contribution is 5.76. The lowest BCUT2D eigenvalue weighted by atomic mass is 10.1. The van der Waals surface area contributed by atoms with Crippen LogP contribution in [-0.4, -0.2) is 9.55 Å². The van der Waals surface area contributed by atoms with E-state index in [0.717, 1.165) is 24.2 Å². The molecule has 1 aromatic heterocycles. The van der Waals surface area contributed by atoms with Crippen LogP contribution < -0.4 is 0 Å². The van der Waals surface area contributed by atoms with Crippen LogP contribution in [0.2, 0.25) is 0 Å². The number of rotatable bonds is 3. The van der Waals surface area contributed by atoms with Gasteiger partial charge in [-0.25, -0.2) is 4.98 Å². The van der Waals surface area contributed by atoms with Crippen molar-refractivity contribution in [3.8, 4) is 0 Å². The van der Waals surface area contributed by atoms with Gasteiger partial charge >= 0.3 is 0 Å². The van der Waals surface area contributed by atoms with Crippen molar-refractivity contribution < 1.29 is 0 Å². The molecule has 2 aromatic rings. The Hall–Kier alpha value is -1.57. The lowest BCUT2D eigenvalue weighted by Crippen LogP contribution is -1.90. The third-order valence-electron chi connectivity index (χ3n) is 3.00. The predicted molar refractivity (Wildman–Crippen MR) is 68.6 cm³/mol. The maximum Gasteiger partial charge on any atom is 0.106 e. The van der Waals surface area contributed by atoms with E-state index in [1.165, 1.54) is 11.1 Å². The van der Waals surface area contributed by atoms with Crippen LogP contribution in [0.25, 0.3) is 11.0 Å². The topological polar surface area (TPSA) is 17.8 Å². The third kappa shape index (κ3) is 2.01. The molecule has 0 N–H and O–H groups in total. The van der Waals surface area contributed by atoms with Crippen molar-refractivity contribution in [3.05, 3.63) is 41.7 Å². The first-order valence-electron chi connectivity index (χ1n) is 5.75. The van der Waals surface area contributed by atoms with Crippen LogP contribution in [0, 0.1) is 6.92 Å². The quantitative estimate of drug-likeness (QED) is 0.716. The van der Waals surface area contributed by atoms with E-state index in [2.05, 4.69) is 53.9 Å². The fourth-order valence-electron chi connectivity index (χ4n) is 1.94. The number of aryl methyl sites for hydroxylation is 3. The van der Waals surface area contributed by atoms with Crippen LogP contribution in [0.15, 0.2) is 30.4 Å². The zero-order valence-corrected chi connectivity index (χ0v) is 10.2. The molecule has 0 bridgehead atoms. The minimum atomic E-state index is 1.07. The monoisotopic (exact) mass is 214 g/mol. The number of aromatic nitrogens is 2. The molecule has 0 spiro atoms. The van der Waals surface area contributed by atoms with Gasteiger partial charge in [0.1, 0.15) is 5.82 Å². The van der Waals surface area contributed by atoms with Gasteiger partial charge in [0.25, 0.3) is 0 Å². The summed E-state index contributed by atoms with van der Waals surface area (Å²) < 4.78 is 2.13. The minimum Gasteiger partial charge on any atom is -0.331 e. The van der Waals surface area contributed by atoms with Crippen LogP contribution in [0.1, 0.15) is 24.7 Å². The molecule has 2 heteroatoms. The molecular weight excluding hydrogens is 196 g/mol. The normalized spacial score (nSPS) is 11.7. The lowest BCUT2D eigenvalue weighted by Gasteiger charge is -1.99. The number of hydrogen-bond donors (Lipinski definition) is 0. The Kier molecular flexibility index (Phi) is 3.09. The zero-order valence-electron chi connectivity index (χ0n) is 10.2. The molecule has 1 heterocycles. The van der Waals surface area contributed by atoms with E-state index in [9.17, 15) is 0 Å². The number of hydrogen-bond acceptors (Lipinski definition) is 1. The van der Waals surface area contributed by atoms with Crippen molar-refractivity contribution in [2.45, 2.75) is 26.7 Å². The Morgan fingerprint density at radius 3 is 2.94 bits per heavy atom. The largest absolute Gasteiger partial charge is 0.331 e. The van der Waals surface area contributed by atoms with E-state index in [0.29, 0.717) is 0 Å². The number of allylic oxidation sites excluding steroid dienone is 2. The van der Waals surface area contributed by atoms with Gasteiger partial charge in [0.15, 0.2) is 0 Å². The summed E-state index contributed by atoms with van der Waals surface area (Å²) in [7, 11) is 2.06. The molecule has 0 fully saturated rings. The fraction of sp³-hybridized carbons (Fsp3) is 0.357. The molecule has 0 aliphatic rings. The molecular formula is C14H18N2. The third-order valence-corrected chi connectivity index (χ3v) is 3.00. The van der Waals surface area contributed by atoms with E-state index in [4.69, 9.17) is 0 Å². The summed E-state index contributed by atoms with van der Waals surface area (Å²) in [5, 5.41) is 0. The van der Waals surface area contributed by atoms with Gasteiger partial charge in [-0.05, 0) is 44.4 Å². The van der Waals surface area contributed by atoms with E-state index in [1.54, 1.807) is 0 Å². The minimum absolute atomic E-state index is 1.07. The van der Waals surface area contributed by atoms with Crippen molar-refractivity contribution >= 4 is 11.0 Å². The standard InChI is InChI=1S/C14H18N2/c1-4-5-6-7-12-8-9-14-13(10-12)15-11(2)16(14)3/h4-5,8-10H,6-7H2,1-3H3/b5-4-. The average molecular weight is 214 g/mol. The Morgan fingerprint density at radius 1 is 1.38 bits per heavy atom. The summed E-state index contributed by atoms with van der Waals surface area (Å²) in [5.41, 5.74) is 3.69. The number of benzene rings is 1. The second kappa shape index (κ2) is 4.52. The predicted octanol–water partition coefficient (Wildman–Crippen LogP) is 3.39. The SMILES string of the molecule is C/C=C\CCc1ccc2c(c1)nc(C)n2C. The van der Waals surface area contributed by atoms with Gasteiger partial charge in [-0.2, -0.15) is 0 Å². The maximum atomic E-state index is 4.55. The summed E-state index contributed by atoms with van der Waals surface area (Å²) in [6, 6.07) is 6.57. The first-order valence-corrected chi connectivity index (χ1v) is 5.75. The molecule has 1 aromatic carbocycles. The molecule has 0 aliphatic heterocycles. The van der Waals surface area contributed by atoms with E-state index in [-0.39, 0.29) is 0 Å². The van der Waals surface area contributed by atoms with Gasteiger partial charge in [-0.1, -0.05) is 18.2 Å². The highest BCUT2D eigenvalue weighted by Crippen LogP contribution is 2.17. The second-order valence-corrected chi connectivity index (χ2v) is 4.15. The van der Waals surface area contributed by atoms with Gasteiger partial charge in [-0.3, -0.25) is 0 Å². The first-order chi connectivity index (χ1) is 7.72. The molecule has 84 valence electrons. The van der Waals surface area contributed by atoms with E-state index >= 15 is 0 Å². The van der Waals surface area contributed by atoms with Crippen LogP contribution in [-0.2, 0) is 13.5 Å². The van der Waals surface area contributed by atoms with Crippen molar-refractivity contribution in [3.63, 3.8) is 0 Å². The first kappa shape index (κ1) is 10.9. The van der Waals surface area contributed by atoms with Gasteiger partial charge < -0.3 is 4.57 Å². The summed E-state index contributed by atoms with van der Waals surface area (Å²) >= 11 is 0. The van der Waals surface area contributed by atoms with Crippen molar-refractivity contribution in [1.29, 1.82) is 0 Å². The Balaban J connectivity index is 2.30. The molecule has 16 heavy (non-hydrogen) atoms. The van der Waals surface area contributed by atoms with Gasteiger partial charge in [0.2, 0.25) is 0 Å². The van der Waals surface area contributed by atoms with Crippen molar-refractivity contribution in [1.82, 2.24) is 9.55 Å². The molecule has 0 saturated heterocycles. The number of nitrogens with zero attached hydrogens (tertiary/aromatic N) is 2. The van der Waals surface area contributed by atoms with Crippen molar-refractivity contribution in [2.24, 2.45) is 7.05 Å². The Labute approximate surface area is 96.6 Å². The van der Waals surface area contributed by atoms with Crippen LogP contribution in [0.4, 0.5) is 0 Å². The summed E-state index contributed by atoms with van der Waals surface area (Å²) in [6.45, 7) is 4.10. The summed E-state index contributed by atoms with van der Waals surface area (Å²) in [5.74, 6) is 1.07. The van der Waals surface area contributed by atoms with E-state index < -0.39 is 0 Å². The molecule has 2 rings (SSSR count). The van der Waals surface area contributed by atoms with Gasteiger partial charge in [0, 0.05) is 7.05 Å². The smallest absolute Gasteiger partial charge is 0.106 e. The molecule has 0 aliphatic carbocycles. The number of fused-ring (bicyclic) bond motifs is 1. The van der Waals surface area contributed by atoms with Gasteiger partial charge in [-0.15, -0.1) is 0 Å². The molecule has 0 radical (unpaired) electrons. The molecule has 0 unspecified atom stereocenters. The van der Waals surface area contributed by atoms with E-state index in [1.807, 2.05) is 6.92 Å². The maximum absolute atomic E-state index is 4.55. The second-order valence-electron chi connectivity index (χ2n) is 4.15. The summed E-state index contributed by atoms with van der Waals surface area (Å²) in [6.07, 6.45) is 6.50. The molecule has 0 atom stereocenters. The number of imidazole rings is 1. The molecule has 0 saturated carbocycles. The fourth-order valence-corrected chi connectivity index (χ4v) is 1.94. The summed E-state index contributed by atoms with van der Waals surface area (Å²) in [4.78, 5) is 4.55. The lowest BCUT2D eigenvalue weighted by molar-refractivity contribution is 0.886. The molecule has 2 nitrogen and oxygen atoms in total. The van der Waals surface area contributed by atoms with Crippen molar-refractivity contribution in [2.75, 3.05) is 0 Å². The molecule has 0 amide bonds. The Bertz CT molecular complexity index is 521. The van der Waals surface area contributed by atoms with Crippen LogP contribution in [0.5, 0.6) is 0 Å². The zero-order chi connectivity index (χ0) is 11.5. The van der Waals surface area contributed by atoms with Crippen LogP contribution in [0.3, 0.4) is 0 Å². The average Bonchev–Trinajstić information content (AvgIpc) is 2.55. The highest BCUT2D eigenvalue weighted by atomic mass is 15.0.